The lowest BCUT2D eigenvalue weighted by Gasteiger charge is -2.23. The van der Waals surface area contributed by atoms with Crippen molar-refractivity contribution in [2.24, 2.45) is 0 Å². The van der Waals surface area contributed by atoms with E-state index in [1.54, 1.807) is 6.33 Å². The van der Waals surface area contributed by atoms with Gasteiger partial charge in [0.2, 0.25) is 0 Å². The van der Waals surface area contributed by atoms with Crippen molar-refractivity contribution in [1.29, 1.82) is 0 Å². The first-order chi connectivity index (χ1) is 8.77. The van der Waals surface area contributed by atoms with Crippen molar-refractivity contribution in [3.63, 3.8) is 0 Å². The van der Waals surface area contributed by atoms with Crippen LogP contribution in [0.15, 0.2) is 29.3 Å². The van der Waals surface area contributed by atoms with E-state index in [4.69, 9.17) is 0 Å². The number of aromatic nitrogens is 2. The molecule has 0 unspecified atom stereocenters. The zero-order chi connectivity index (χ0) is 12.5. The van der Waals surface area contributed by atoms with Gasteiger partial charge in [0.15, 0.2) is 0 Å². The maximum atomic E-state index is 12.6. The number of fused-ring (bicyclic) bond motifs is 1. The SMILES string of the molecule is Cc1cccc2ncn(C3CCCCC3)c(=O)c12. The van der Waals surface area contributed by atoms with Crippen LogP contribution in [0.25, 0.3) is 10.9 Å². The van der Waals surface area contributed by atoms with Crippen LogP contribution >= 0.6 is 0 Å². The smallest absolute Gasteiger partial charge is 0.261 e. The molecule has 3 rings (SSSR count). The van der Waals surface area contributed by atoms with Gasteiger partial charge in [0.1, 0.15) is 0 Å². The highest BCUT2D eigenvalue weighted by atomic mass is 16.1. The third-order valence-corrected chi connectivity index (χ3v) is 3.99. The second-order valence-corrected chi connectivity index (χ2v) is 5.22. The van der Waals surface area contributed by atoms with Crippen molar-refractivity contribution in [2.45, 2.75) is 45.1 Å². The summed E-state index contributed by atoms with van der Waals surface area (Å²) >= 11 is 0. The molecule has 0 radical (unpaired) electrons. The molecule has 18 heavy (non-hydrogen) atoms. The van der Waals surface area contributed by atoms with Gasteiger partial charge in [-0.15, -0.1) is 0 Å². The van der Waals surface area contributed by atoms with E-state index in [2.05, 4.69) is 4.98 Å². The first-order valence-electron chi connectivity index (χ1n) is 6.74. The van der Waals surface area contributed by atoms with Crippen LogP contribution < -0.4 is 5.56 Å². The molecule has 3 nitrogen and oxygen atoms in total. The zero-order valence-corrected chi connectivity index (χ0v) is 10.7. The number of benzene rings is 1. The molecule has 0 N–H and O–H groups in total. The molecule has 1 aromatic carbocycles. The molecule has 1 fully saturated rings. The molecule has 3 heteroatoms. The standard InChI is InChI=1S/C15H18N2O/c1-11-6-5-9-13-14(11)15(18)17(10-16-13)12-7-3-2-4-8-12/h5-6,9-10,12H,2-4,7-8H2,1H3. The number of aryl methyl sites for hydroxylation is 1. The summed E-state index contributed by atoms with van der Waals surface area (Å²) in [6.45, 7) is 1.98. The largest absolute Gasteiger partial charge is 0.296 e. The maximum Gasteiger partial charge on any atom is 0.261 e. The number of hydrogen-bond donors (Lipinski definition) is 0. The Morgan fingerprint density at radius 3 is 2.78 bits per heavy atom. The van der Waals surface area contributed by atoms with E-state index in [0.29, 0.717) is 6.04 Å². The molecule has 1 aliphatic carbocycles. The molecule has 2 aromatic rings. The van der Waals surface area contributed by atoms with Crippen LogP contribution in [-0.4, -0.2) is 9.55 Å². The van der Waals surface area contributed by atoms with Crippen molar-refractivity contribution >= 4 is 10.9 Å². The van der Waals surface area contributed by atoms with E-state index in [9.17, 15) is 4.79 Å². The Morgan fingerprint density at radius 1 is 1.22 bits per heavy atom. The van der Waals surface area contributed by atoms with Crippen molar-refractivity contribution in [3.05, 3.63) is 40.4 Å². The molecule has 1 aromatic heterocycles. The molecule has 0 bridgehead atoms. The second kappa shape index (κ2) is 4.56. The van der Waals surface area contributed by atoms with Crippen LogP contribution in [0.3, 0.4) is 0 Å². The summed E-state index contributed by atoms with van der Waals surface area (Å²) in [7, 11) is 0. The van der Waals surface area contributed by atoms with Gasteiger partial charge in [-0.3, -0.25) is 9.36 Å². The van der Waals surface area contributed by atoms with E-state index in [1.807, 2.05) is 29.7 Å². The van der Waals surface area contributed by atoms with Gasteiger partial charge in [0.25, 0.3) is 5.56 Å². The van der Waals surface area contributed by atoms with Crippen molar-refractivity contribution in [2.75, 3.05) is 0 Å². The Balaban J connectivity index is 2.16. The lowest BCUT2D eigenvalue weighted by Crippen LogP contribution is -2.27. The minimum absolute atomic E-state index is 0.130. The van der Waals surface area contributed by atoms with Crippen molar-refractivity contribution in [3.8, 4) is 0 Å². The van der Waals surface area contributed by atoms with Gasteiger partial charge >= 0.3 is 0 Å². The van der Waals surface area contributed by atoms with Crippen LogP contribution in [0.2, 0.25) is 0 Å². The fraction of sp³-hybridized carbons (Fsp3) is 0.467. The lowest BCUT2D eigenvalue weighted by atomic mass is 9.95. The second-order valence-electron chi connectivity index (χ2n) is 5.22. The van der Waals surface area contributed by atoms with Gasteiger partial charge in [-0.25, -0.2) is 4.98 Å². The topological polar surface area (TPSA) is 34.9 Å². The van der Waals surface area contributed by atoms with E-state index >= 15 is 0 Å². The molecule has 94 valence electrons. The molecule has 0 aliphatic heterocycles. The van der Waals surface area contributed by atoms with E-state index in [-0.39, 0.29) is 5.56 Å². The molecule has 0 spiro atoms. The summed E-state index contributed by atoms with van der Waals surface area (Å²) in [6.07, 6.45) is 7.70. The monoisotopic (exact) mass is 242 g/mol. The highest BCUT2D eigenvalue weighted by Gasteiger charge is 2.17. The Kier molecular flexibility index (Phi) is 2.90. The first kappa shape index (κ1) is 11.5. The molecule has 0 saturated heterocycles. The highest BCUT2D eigenvalue weighted by Crippen LogP contribution is 2.27. The number of rotatable bonds is 1. The van der Waals surface area contributed by atoms with Crippen molar-refractivity contribution < 1.29 is 0 Å². The highest BCUT2D eigenvalue weighted by molar-refractivity contribution is 5.80. The van der Waals surface area contributed by atoms with Gasteiger partial charge in [0, 0.05) is 6.04 Å². The zero-order valence-electron chi connectivity index (χ0n) is 10.7. The Labute approximate surface area is 106 Å². The predicted molar refractivity (Wildman–Crippen MR) is 72.9 cm³/mol. The third kappa shape index (κ3) is 1.84. The minimum Gasteiger partial charge on any atom is -0.296 e. The summed E-state index contributed by atoms with van der Waals surface area (Å²) in [5.41, 5.74) is 1.97. The summed E-state index contributed by atoms with van der Waals surface area (Å²) in [5, 5.41) is 0.783. The molecular formula is C15H18N2O. The number of hydrogen-bond acceptors (Lipinski definition) is 2. The molecule has 1 heterocycles. The molecule has 0 atom stereocenters. The van der Waals surface area contributed by atoms with Crippen LogP contribution in [0.1, 0.15) is 43.7 Å². The average Bonchev–Trinajstić information content (AvgIpc) is 2.40. The predicted octanol–water partition coefficient (Wildman–Crippen LogP) is 3.21. The first-order valence-corrected chi connectivity index (χ1v) is 6.74. The quantitative estimate of drug-likeness (QED) is 0.769. The molecular weight excluding hydrogens is 224 g/mol. The number of nitrogens with zero attached hydrogens (tertiary/aromatic N) is 2. The van der Waals surface area contributed by atoms with Gasteiger partial charge in [-0.2, -0.15) is 0 Å². The van der Waals surface area contributed by atoms with E-state index < -0.39 is 0 Å². The molecule has 1 aliphatic rings. The minimum atomic E-state index is 0.130. The van der Waals surface area contributed by atoms with Gasteiger partial charge in [0.05, 0.1) is 17.2 Å². The van der Waals surface area contributed by atoms with E-state index in [0.717, 1.165) is 29.3 Å². The van der Waals surface area contributed by atoms with Gasteiger partial charge < -0.3 is 0 Å². The van der Waals surface area contributed by atoms with Gasteiger partial charge in [-0.1, -0.05) is 31.4 Å². The fourth-order valence-electron chi connectivity index (χ4n) is 2.96. The molecule has 1 saturated carbocycles. The molecule has 0 amide bonds. The van der Waals surface area contributed by atoms with Gasteiger partial charge in [-0.05, 0) is 31.4 Å². The Hall–Kier alpha value is -1.64. The summed E-state index contributed by atoms with van der Waals surface area (Å²) in [6, 6.07) is 6.20. The normalized spacial score (nSPS) is 17.2. The summed E-state index contributed by atoms with van der Waals surface area (Å²) in [4.78, 5) is 17.0. The maximum absolute atomic E-state index is 12.6. The summed E-state index contributed by atoms with van der Waals surface area (Å²) in [5.74, 6) is 0. The van der Waals surface area contributed by atoms with E-state index in [1.165, 1.54) is 19.3 Å². The fourth-order valence-corrected chi connectivity index (χ4v) is 2.96. The summed E-state index contributed by atoms with van der Waals surface area (Å²) < 4.78 is 1.86. The van der Waals surface area contributed by atoms with Crippen LogP contribution in [0.4, 0.5) is 0 Å². The van der Waals surface area contributed by atoms with Crippen LogP contribution in [0.5, 0.6) is 0 Å². The van der Waals surface area contributed by atoms with Crippen molar-refractivity contribution in [1.82, 2.24) is 9.55 Å². The average molecular weight is 242 g/mol. The van der Waals surface area contributed by atoms with Crippen LogP contribution in [-0.2, 0) is 0 Å². The third-order valence-electron chi connectivity index (χ3n) is 3.99. The Morgan fingerprint density at radius 2 is 2.00 bits per heavy atom. The lowest BCUT2D eigenvalue weighted by molar-refractivity contribution is 0.345. The Bertz CT molecular complexity index is 624. The van der Waals surface area contributed by atoms with Crippen LogP contribution in [0, 0.1) is 6.92 Å².